The van der Waals surface area contributed by atoms with E-state index in [4.69, 9.17) is 4.74 Å². The number of ether oxygens (including phenoxy) is 1. The smallest absolute Gasteiger partial charge is 0.222 e. The second kappa shape index (κ2) is 7.03. The van der Waals surface area contributed by atoms with E-state index >= 15 is 0 Å². The first-order chi connectivity index (χ1) is 12.6. The summed E-state index contributed by atoms with van der Waals surface area (Å²) < 4.78 is 7.19. The zero-order valence-electron chi connectivity index (χ0n) is 14.8. The minimum Gasteiger partial charge on any atom is -0.493 e. The van der Waals surface area contributed by atoms with E-state index in [0.717, 1.165) is 17.7 Å². The van der Waals surface area contributed by atoms with Gasteiger partial charge in [-0.1, -0.05) is 6.07 Å². The number of aromatic nitrogens is 4. The van der Waals surface area contributed by atoms with E-state index in [1.807, 2.05) is 19.1 Å². The number of amides is 1. The highest BCUT2D eigenvalue weighted by Gasteiger charge is 2.36. The molecular weight excluding hydrogens is 334 g/mol. The summed E-state index contributed by atoms with van der Waals surface area (Å²) in [4.78, 5) is 12.5. The number of tetrazole rings is 1. The van der Waals surface area contributed by atoms with Crippen molar-refractivity contribution in [3.63, 3.8) is 0 Å². The van der Waals surface area contributed by atoms with Crippen LogP contribution < -0.4 is 10.1 Å². The summed E-state index contributed by atoms with van der Waals surface area (Å²) in [5.41, 5.74) is 2.27. The van der Waals surface area contributed by atoms with E-state index < -0.39 is 0 Å². The van der Waals surface area contributed by atoms with E-state index in [0.29, 0.717) is 38.2 Å². The number of benzene rings is 1. The van der Waals surface area contributed by atoms with Crippen molar-refractivity contribution in [2.45, 2.75) is 51.3 Å². The number of rotatable bonds is 6. The van der Waals surface area contributed by atoms with Crippen LogP contribution in [0.15, 0.2) is 18.2 Å². The summed E-state index contributed by atoms with van der Waals surface area (Å²) in [6.07, 6.45) is 2.37. The van der Waals surface area contributed by atoms with Gasteiger partial charge >= 0.3 is 0 Å². The first-order valence-corrected chi connectivity index (χ1v) is 9.06. The van der Waals surface area contributed by atoms with E-state index in [9.17, 15) is 9.90 Å². The fraction of sp³-hybridized carbons (Fsp3) is 0.556. The molecular formula is C18H23N5O3. The molecule has 2 heterocycles. The molecule has 1 amide bonds. The number of fused-ring (bicyclic) bond motifs is 1. The van der Waals surface area contributed by atoms with E-state index in [-0.39, 0.29) is 24.0 Å². The summed E-state index contributed by atoms with van der Waals surface area (Å²) in [7, 11) is 0. The number of carbonyl (C=O) groups is 1. The molecule has 8 nitrogen and oxygen atoms in total. The molecule has 0 saturated heterocycles. The van der Waals surface area contributed by atoms with Gasteiger partial charge < -0.3 is 15.2 Å². The third-order valence-electron chi connectivity index (χ3n) is 5.27. The molecule has 1 saturated carbocycles. The van der Waals surface area contributed by atoms with Crippen LogP contribution in [0.25, 0.3) is 0 Å². The molecule has 1 aromatic carbocycles. The fourth-order valence-electron chi connectivity index (χ4n) is 3.68. The summed E-state index contributed by atoms with van der Waals surface area (Å²) in [5, 5.41) is 24.1. The van der Waals surface area contributed by atoms with Gasteiger partial charge in [0, 0.05) is 12.8 Å². The average Bonchev–Trinajstić information content (AvgIpc) is 3.23. The molecule has 1 aliphatic heterocycles. The van der Waals surface area contributed by atoms with Crippen molar-refractivity contribution in [3.05, 3.63) is 35.2 Å². The van der Waals surface area contributed by atoms with Gasteiger partial charge in [0.15, 0.2) is 0 Å². The van der Waals surface area contributed by atoms with Gasteiger partial charge in [0.2, 0.25) is 5.91 Å². The lowest BCUT2D eigenvalue weighted by molar-refractivity contribution is -0.123. The van der Waals surface area contributed by atoms with Gasteiger partial charge in [0.1, 0.15) is 11.6 Å². The maximum absolute atomic E-state index is 12.5. The zero-order valence-corrected chi connectivity index (χ0v) is 14.8. The van der Waals surface area contributed by atoms with Crippen LogP contribution >= 0.6 is 0 Å². The third kappa shape index (κ3) is 3.41. The van der Waals surface area contributed by atoms with Crippen LogP contribution in [0.4, 0.5) is 0 Å². The van der Waals surface area contributed by atoms with Crippen LogP contribution in [-0.4, -0.2) is 43.9 Å². The minimum atomic E-state index is -0.263. The maximum Gasteiger partial charge on any atom is 0.222 e. The Bertz CT molecular complexity index is 800. The van der Waals surface area contributed by atoms with E-state index in [1.54, 1.807) is 4.68 Å². The number of hydrogen-bond acceptors (Lipinski definition) is 6. The maximum atomic E-state index is 12.5. The molecule has 8 heteroatoms. The highest BCUT2D eigenvalue weighted by molar-refractivity contribution is 5.76. The van der Waals surface area contributed by atoms with Crippen molar-refractivity contribution >= 4 is 5.91 Å². The summed E-state index contributed by atoms with van der Waals surface area (Å²) in [6.45, 7) is 2.97. The monoisotopic (exact) mass is 357 g/mol. The number of aliphatic hydroxyl groups is 1. The molecule has 0 radical (unpaired) electrons. The summed E-state index contributed by atoms with van der Waals surface area (Å²) in [5.74, 6) is 1.84. The predicted molar refractivity (Wildman–Crippen MR) is 92.4 cm³/mol. The molecule has 2 N–H and O–H groups in total. The van der Waals surface area contributed by atoms with Crippen LogP contribution in [0.3, 0.4) is 0 Å². The van der Waals surface area contributed by atoms with Crippen molar-refractivity contribution in [1.29, 1.82) is 0 Å². The number of carbonyl (C=O) groups excluding carboxylic acids is 1. The standard InChI is InChI=1S/C18H23N5O3/c1-11-20-21-22-23(11)6-4-17(25)19-18(14-9-15(24)10-14)13-2-3-16-12(8-13)5-7-26-16/h2-3,8,14-15,18,24H,4-7,9-10H2,1H3,(H,19,25)/t14?,15?,18-/m0/s1. The zero-order chi connectivity index (χ0) is 18.1. The Morgan fingerprint density at radius 1 is 1.46 bits per heavy atom. The van der Waals surface area contributed by atoms with Crippen LogP contribution in [0.2, 0.25) is 0 Å². The van der Waals surface area contributed by atoms with Crippen molar-refractivity contribution in [3.8, 4) is 5.75 Å². The Hall–Kier alpha value is -2.48. The Labute approximate surface area is 151 Å². The van der Waals surface area contributed by atoms with Gasteiger partial charge in [0.25, 0.3) is 0 Å². The lowest BCUT2D eigenvalue weighted by Gasteiger charge is -2.38. The Balaban J connectivity index is 1.45. The van der Waals surface area contributed by atoms with Gasteiger partial charge in [-0.25, -0.2) is 4.68 Å². The molecule has 1 fully saturated rings. The fourth-order valence-corrected chi connectivity index (χ4v) is 3.68. The lowest BCUT2D eigenvalue weighted by atomic mass is 9.75. The molecule has 1 aromatic heterocycles. The van der Waals surface area contributed by atoms with Crippen LogP contribution in [0, 0.1) is 12.8 Å². The summed E-state index contributed by atoms with van der Waals surface area (Å²) >= 11 is 0. The first kappa shape index (κ1) is 17.0. The average molecular weight is 357 g/mol. The highest BCUT2D eigenvalue weighted by Crippen LogP contribution is 2.39. The third-order valence-corrected chi connectivity index (χ3v) is 5.27. The van der Waals surface area contributed by atoms with Gasteiger partial charge in [0.05, 0.1) is 25.3 Å². The Kier molecular flexibility index (Phi) is 4.58. The second-order valence-corrected chi connectivity index (χ2v) is 7.10. The number of nitrogens with one attached hydrogen (secondary N) is 1. The van der Waals surface area contributed by atoms with Gasteiger partial charge in [-0.3, -0.25) is 4.79 Å². The predicted octanol–water partition coefficient (Wildman–Crippen LogP) is 0.935. The normalized spacial score (nSPS) is 22.2. The molecule has 0 bridgehead atoms. The quantitative estimate of drug-likeness (QED) is 0.798. The van der Waals surface area contributed by atoms with Gasteiger partial charge in [-0.15, -0.1) is 5.10 Å². The van der Waals surface area contributed by atoms with Crippen molar-refractivity contribution in [2.75, 3.05) is 6.61 Å². The van der Waals surface area contributed by atoms with Crippen LogP contribution in [0.5, 0.6) is 5.75 Å². The number of aryl methyl sites for hydroxylation is 2. The van der Waals surface area contributed by atoms with Crippen LogP contribution in [0.1, 0.15) is 42.3 Å². The topological polar surface area (TPSA) is 102 Å². The van der Waals surface area contributed by atoms with Crippen LogP contribution in [-0.2, 0) is 17.8 Å². The number of nitrogens with zero attached hydrogens (tertiary/aromatic N) is 4. The van der Waals surface area contributed by atoms with Gasteiger partial charge in [-0.2, -0.15) is 0 Å². The largest absolute Gasteiger partial charge is 0.493 e. The molecule has 138 valence electrons. The molecule has 1 atom stereocenters. The first-order valence-electron chi connectivity index (χ1n) is 9.06. The highest BCUT2D eigenvalue weighted by atomic mass is 16.5. The molecule has 0 spiro atoms. The molecule has 4 rings (SSSR count). The molecule has 1 aliphatic carbocycles. The summed E-state index contributed by atoms with van der Waals surface area (Å²) in [6, 6.07) is 6.04. The molecule has 26 heavy (non-hydrogen) atoms. The van der Waals surface area contributed by atoms with Crippen molar-refractivity contribution in [1.82, 2.24) is 25.5 Å². The van der Waals surface area contributed by atoms with Gasteiger partial charge in [-0.05, 0) is 59.4 Å². The Morgan fingerprint density at radius 3 is 3.04 bits per heavy atom. The lowest BCUT2D eigenvalue weighted by Crippen LogP contribution is -2.41. The second-order valence-electron chi connectivity index (χ2n) is 7.10. The van der Waals surface area contributed by atoms with Crippen molar-refractivity contribution < 1.29 is 14.6 Å². The molecule has 0 unspecified atom stereocenters. The SMILES string of the molecule is Cc1nnnn1CCC(=O)N[C@@H](c1ccc2c(c1)CCO2)C1CC(O)C1. The molecule has 2 aliphatic rings. The van der Waals surface area contributed by atoms with E-state index in [1.165, 1.54) is 5.56 Å². The minimum absolute atomic E-state index is 0.0389. The van der Waals surface area contributed by atoms with Crippen molar-refractivity contribution in [2.24, 2.45) is 5.92 Å². The Morgan fingerprint density at radius 2 is 2.31 bits per heavy atom. The number of aliphatic hydroxyl groups excluding tert-OH is 1. The van der Waals surface area contributed by atoms with E-state index in [2.05, 4.69) is 26.9 Å². The molecule has 2 aromatic rings. The number of hydrogen-bond donors (Lipinski definition) is 2.